The molecule has 1 fully saturated rings. The minimum Gasteiger partial charge on any atom is -0.344 e. The molecule has 3 rings (SSSR count). The van der Waals surface area contributed by atoms with Crippen LogP contribution in [0.1, 0.15) is 47.6 Å². The second-order valence-corrected chi connectivity index (χ2v) is 8.66. The van der Waals surface area contributed by atoms with E-state index in [1.165, 1.54) is 18.4 Å². The van der Waals surface area contributed by atoms with E-state index in [-0.39, 0.29) is 0 Å². The van der Waals surface area contributed by atoms with E-state index in [1.807, 2.05) is 51.1 Å². The van der Waals surface area contributed by atoms with Gasteiger partial charge in [0.05, 0.1) is 0 Å². The second-order valence-electron chi connectivity index (χ2n) is 8.66. The van der Waals surface area contributed by atoms with Gasteiger partial charge in [-0.3, -0.25) is 14.5 Å². The Balaban J connectivity index is 1.60. The number of nitrogens with one attached hydrogen (secondary N) is 2. The van der Waals surface area contributed by atoms with Gasteiger partial charge in [-0.1, -0.05) is 48.9 Å². The van der Waals surface area contributed by atoms with Crippen LogP contribution in [0.5, 0.6) is 0 Å². The average Bonchev–Trinajstić information content (AvgIpc) is 2.69. The molecule has 1 aliphatic heterocycles. The first-order valence-corrected chi connectivity index (χ1v) is 10.8. The fourth-order valence-electron chi connectivity index (χ4n) is 4.36. The van der Waals surface area contributed by atoms with Crippen molar-refractivity contribution in [2.24, 2.45) is 5.92 Å². The number of anilines is 1. The summed E-state index contributed by atoms with van der Waals surface area (Å²) in [5.41, 5.74) is 6.01. The molecule has 30 heavy (non-hydrogen) atoms. The van der Waals surface area contributed by atoms with Crippen molar-refractivity contribution in [3.05, 3.63) is 64.2 Å². The minimum absolute atomic E-state index is 0.345. The predicted molar refractivity (Wildman–Crippen MR) is 121 cm³/mol. The smallest absolute Gasteiger partial charge is 0.313 e. The molecule has 0 saturated carbocycles. The number of hydrogen-bond acceptors (Lipinski definition) is 3. The Morgan fingerprint density at radius 2 is 1.70 bits per heavy atom. The minimum atomic E-state index is -0.632. The molecule has 0 aliphatic carbocycles. The summed E-state index contributed by atoms with van der Waals surface area (Å²) in [6, 6.07) is 12.1. The largest absolute Gasteiger partial charge is 0.344 e. The SMILES string of the molecule is Cc1cc(C)c(NC(=O)C(=O)NCc2ccccc2CN2CCCC(C)C2)c(C)c1. The van der Waals surface area contributed by atoms with Gasteiger partial charge in [0.2, 0.25) is 0 Å². The van der Waals surface area contributed by atoms with E-state index in [0.717, 1.165) is 47.8 Å². The van der Waals surface area contributed by atoms with Gasteiger partial charge >= 0.3 is 11.8 Å². The molecule has 0 aromatic heterocycles. The quantitative estimate of drug-likeness (QED) is 0.734. The van der Waals surface area contributed by atoms with Crippen molar-refractivity contribution in [1.82, 2.24) is 10.2 Å². The Hall–Kier alpha value is -2.66. The van der Waals surface area contributed by atoms with Gasteiger partial charge < -0.3 is 10.6 Å². The number of rotatable bonds is 5. The normalized spacial score (nSPS) is 16.9. The maximum atomic E-state index is 12.4. The molecule has 2 aromatic carbocycles. The standard InChI is InChI=1S/C25H33N3O2/c1-17-8-7-11-28(15-17)16-22-10-6-5-9-21(22)14-26-24(29)25(30)27-23-19(3)12-18(2)13-20(23)4/h5-6,9-10,12-13,17H,7-8,11,14-16H2,1-4H3,(H,26,29)(H,27,30). The van der Waals surface area contributed by atoms with Crippen LogP contribution in [0.2, 0.25) is 0 Å². The molecule has 0 radical (unpaired) electrons. The van der Waals surface area contributed by atoms with Crippen molar-refractivity contribution in [3.63, 3.8) is 0 Å². The molecule has 1 unspecified atom stereocenters. The molecule has 1 atom stereocenters. The molecule has 1 aliphatic rings. The van der Waals surface area contributed by atoms with E-state index in [9.17, 15) is 9.59 Å². The number of carbonyl (C=O) groups is 2. The molecule has 2 amide bonds. The first-order valence-electron chi connectivity index (χ1n) is 10.8. The summed E-state index contributed by atoms with van der Waals surface area (Å²) < 4.78 is 0. The fraction of sp³-hybridized carbons (Fsp3) is 0.440. The Morgan fingerprint density at radius 1 is 1.03 bits per heavy atom. The lowest BCUT2D eigenvalue weighted by Gasteiger charge is -2.31. The molecular weight excluding hydrogens is 374 g/mol. The van der Waals surface area contributed by atoms with E-state index >= 15 is 0 Å². The van der Waals surface area contributed by atoms with Gasteiger partial charge in [0.15, 0.2) is 0 Å². The highest BCUT2D eigenvalue weighted by molar-refractivity contribution is 6.39. The van der Waals surface area contributed by atoms with E-state index in [0.29, 0.717) is 12.2 Å². The number of nitrogens with zero attached hydrogens (tertiary/aromatic N) is 1. The van der Waals surface area contributed by atoms with Crippen molar-refractivity contribution in [2.45, 2.75) is 53.6 Å². The molecule has 160 valence electrons. The van der Waals surface area contributed by atoms with Crippen LogP contribution >= 0.6 is 0 Å². The van der Waals surface area contributed by atoms with E-state index in [1.54, 1.807) is 0 Å². The fourth-order valence-corrected chi connectivity index (χ4v) is 4.36. The lowest BCUT2D eigenvalue weighted by Crippen LogP contribution is -2.36. The van der Waals surface area contributed by atoms with Gasteiger partial charge in [-0.2, -0.15) is 0 Å². The second kappa shape index (κ2) is 9.90. The molecule has 2 aromatic rings. The summed E-state index contributed by atoms with van der Waals surface area (Å²) in [5.74, 6) is -0.522. The van der Waals surface area contributed by atoms with Gasteiger partial charge in [-0.25, -0.2) is 0 Å². The zero-order valence-electron chi connectivity index (χ0n) is 18.5. The Bertz CT molecular complexity index is 899. The first kappa shape index (κ1) is 22.0. The van der Waals surface area contributed by atoms with Crippen LogP contribution in [0, 0.1) is 26.7 Å². The molecule has 1 heterocycles. The highest BCUT2D eigenvalue weighted by Crippen LogP contribution is 2.22. The predicted octanol–water partition coefficient (Wildman–Crippen LogP) is 4.10. The Labute approximate surface area is 179 Å². The molecule has 0 bridgehead atoms. The number of aryl methyl sites for hydroxylation is 3. The van der Waals surface area contributed by atoms with Gasteiger partial charge in [-0.15, -0.1) is 0 Å². The molecule has 2 N–H and O–H groups in total. The van der Waals surface area contributed by atoms with Crippen LogP contribution in [-0.4, -0.2) is 29.8 Å². The van der Waals surface area contributed by atoms with Crippen molar-refractivity contribution in [1.29, 1.82) is 0 Å². The summed E-state index contributed by atoms with van der Waals surface area (Å²) in [7, 11) is 0. The monoisotopic (exact) mass is 407 g/mol. The van der Waals surface area contributed by atoms with Gasteiger partial charge in [0, 0.05) is 25.3 Å². The van der Waals surface area contributed by atoms with E-state index < -0.39 is 11.8 Å². The molecule has 5 nitrogen and oxygen atoms in total. The summed E-state index contributed by atoms with van der Waals surface area (Å²) in [6.07, 6.45) is 2.53. The zero-order chi connectivity index (χ0) is 21.7. The third kappa shape index (κ3) is 5.70. The van der Waals surface area contributed by atoms with Crippen LogP contribution in [-0.2, 0) is 22.7 Å². The van der Waals surface area contributed by atoms with Crippen LogP contribution in [0.3, 0.4) is 0 Å². The average molecular weight is 408 g/mol. The van der Waals surface area contributed by atoms with Gasteiger partial charge in [0.25, 0.3) is 0 Å². The topological polar surface area (TPSA) is 61.4 Å². The lowest BCUT2D eigenvalue weighted by atomic mass is 9.99. The van der Waals surface area contributed by atoms with Gasteiger partial charge in [-0.05, 0) is 68.3 Å². The number of likely N-dealkylation sites (tertiary alicyclic amines) is 1. The van der Waals surface area contributed by atoms with Crippen molar-refractivity contribution >= 4 is 17.5 Å². The number of benzene rings is 2. The summed E-state index contributed by atoms with van der Waals surface area (Å²) in [5, 5.41) is 5.55. The zero-order valence-corrected chi connectivity index (χ0v) is 18.5. The Morgan fingerprint density at radius 3 is 2.37 bits per heavy atom. The highest BCUT2D eigenvalue weighted by Gasteiger charge is 2.19. The first-order chi connectivity index (χ1) is 14.3. The number of piperidine rings is 1. The summed E-state index contributed by atoms with van der Waals surface area (Å²) >= 11 is 0. The highest BCUT2D eigenvalue weighted by atomic mass is 16.2. The van der Waals surface area contributed by atoms with Crippen molar-refractivity contribution in [2.75, 3.05) is 18.4 Å². The molecule has 0 spiro atoms. The van der Waals surface area contributed by atoms with Crippen LogP contribution in [0.4, 0.5) is 5.69 Å². The third-order valence-electron chi connectivity index (χ3n) is 5.81. The summed E-state index contributed by atoms with van der Waals surface area (Å²) in [4.78, 5) is 27.3. The van der Waals surface area contributed by atoms with E-state index in [2.05, 4.69) is 28.5 Å². The maximum Gasteiger partial charge on any atom is 0.313 e. The Kier molecular flexibility index (Phi) is 7.27. The van der Waals surface area contributed by atoms with Crippen LogP contribution in [0.25, 0.3) is 0 Å². The molecular formula is C25H33N3O2. The van der Waals surface area contributed by atoms with Crippen LogP contribution in [0.15, 0.2) is 36.4 Å². The maximum absolute atomic E-state index is 12.4. The molecule has 1 saturated heterocycles. The number of hydrogen-bond donors (Lipinski definition) is 2. The van der Waals surface area contributed by atoms with Crippen molar-refractivity contribution in [3.8, 4) is 0 Å². The van der Waals surface area contributed by atoms with Crippen molar-refractivity contribution < 1.29 is 9.59 Å². The summed E-state index contributed by atoms with van der Waals surface area (Å²) in [6.45, 7) is 11.6. The lowest BCUT2D eigenvalue weighted by molar-refractivity contribution is -0.136. The van der Waals surface area contributed by atoms with Crippen LogP contribution < -0.4 is 10.6 Å². The number of carbonyl (C=O) groups excluding carboxylic acids is 2. The number of amides is 2. The molecule has 5 heteroatoms. The van der Waals surface area contributed by atoms with E-state index in [4.69, 9.17) is 0 Å². The third-order valence-corrected chi connectivity index (χ3v) is 5.81. The van der Waals surface area contributed by atoms with Gasteiger partial charge in [0.1, 0.15) is 0 Å².